The van der Waals surface area contributed by atoms with E-state index in [0.29, 0.717) is 6.04 Å². The Kier molecular flexibility index (Phi) is 5.95. The fraction of sp³-hybridized carbons (Fsp3) is 0.0556. The van der Waals surface area contributed by atoms with Crippen LogP contribution in [-0.2, 0) is 0 Å². The molecule has 5 aromatic carbocycles. The Morgan fingerprint density at radius 3 is 1.87 bits per heavy atom. The summed E-state index contributed by atoms with van der Waals surface area (Å²) in [5.74, 6) is 0. The first-order chi connectivity index (χ1) is 19.3. The number of hydrogen-bond donors (Lipinski definition) is 1. The van der Waals surface area contributed by atoms with E-state index in [-0.39, 0.29) is 0 Å². The molecule has 1 unspecified atom stereocenters. The molecule has 0 radical (unpaired) electrons. The van der Waals surface area contributed by atoms with Gasteiger partial charge in [0, 0.05) is 50.2 Å². The summed E-state index contributed by atoms with van der Waals surface area (Å²) >= 11 is 0. The minimum Gasteiger partial charge on any atom is -0.356 e. The molecule has 0 saturated heterocycles. The number of aromatic nitrogens is 1. The quantitative estimate of drug-likeness (QED) is 0.244. The van der Waals surface area contributed by atoms with Crippen LogP contribution in [0.5, 0.6) is 0 Å². The Morgan fingerprint density at radius 2 is 1.18 bits per heavy atom. The minimum atomic E-state index is 0.334. The van der Waals surface area contributed by atoms with E-state index in [1.165, 1.54) is 21.8 Å². The van der Waals surface area contributed by atoms with E-state index in [9.17, 15) is 0 Å². The summed E-state index contributed by atoms with van der Waals surface area (Å²) in [5.41, 5.74) is 8.07. The van der Waals surface area contributed by atoms with Gasteiger partial charge in [0.15, 0.2) is 0 Å². The molecule has 7 rings (SSSR count). The first-order valence-electron chi connectivity index (χ1n) is 13.5. The lowest BCUT2D eigenvalue weighted by Crippen LogP contribution is -2.09. The number of fused-ring (bicyclic) bond motifs is 3. The van der Waals surface area contributed by atoms with Crippen LogP contribution in [0.2, 0.25) is 0 Å². The summed E-state index contributed by atoms with van der Waals surface area (Å²) in [6.45, 7) is 0. The first kappa shape index (κ1) is 23.1. The van der Waals surface area contributed by atoms with Gasteiger partial charge in [-0.2, -0.15) is 0 Å². The fourth-order valence-corrected chi connectivity index (χ4v) is 5.66. The van der Waals surface area contributed by atoms with Crippen LogP contribution >= 0.6 is 0 Å². The van der Waals surface area contributed by atoms with E-state index in [1.54, 1.807) is 0 Å². The lowest BCUT2D eigenvalue weighted by molar-refractivity contribution is 0.648. The molecule has 0 amide bonds. The molecule has 188 valence electrons. The number of nitrogens with one attached hydrogen (secondary N) is 1. The molecular weight excluding hydrogens is 474 g/mol. The predicted molar refractivity (Wildman–Crippen MR) is 166 cm³/mol. The van der Waals surface area contributed by atoms with Crippen LogP contribution in [0.3, 0.4) is 0 Å². The standard InChI is InChI=1S/C36H29N3/c1-4-12-29(13-5-1)38(30-14-6-2-7-15-30)32-23-20-27(21-24-32)37-28-22-25-36-34(26-28)33-18-10-11-19-35(33)39(36)31-16-8-3-9-17-31/h1-16,18-26,31,37H,17H2. The van der Waals surface area contributed by atoms with Gasteiger partial charge in [0.25, 0.3) is 0 Å². The molecule has 1 aliphatic rings. The monoisotopic (exact) mass is 503 g/mol. The lowest BCUT2D eigenvalue weighted by atomic mass is 10.1. The maximum absolute atomic E-state index is 3.64. The Hall–Kier alpha value is -5.02. The zero-order chi connectivity index (χ0) is 26.0. The van der Waals surface area contributed by atoms with E-state index < -0.39 is 0 Å². The van der Waals surface area contributed by atoms with Gasteiger partial charge in [-0.1, -0.05) is 78.9 Å². The van der Waals surface area contributed by atoms with Gasteiger partial charge in [0.1, 0.15) is 0 Å². The molecule has 3 nitrogen and oxygen atoms in total. The van der Waals surface area contributed by atoms with E-state index in [4.69, 9.17) is 0 Å². The average Bonchev–Trinajstić information content (AvgIpc) is 3.33. The van der Waals surface area contributed by atoms with E-state index >= 15 is 0 Å². The molecular formula is C36H29N3. The summed E-state index contributed by atoms with van der Waals surface area (Å²) in [6, 6.07) is 45.4. The number of hydrogen-bond acceptors (Lipinski definition) is 2. The summed E-state index contributed by atoms with van der Waals surface area (Å²) in [5, 5.41) is 6.20. The molecule has 6 aromatic rings. The zero-order valence-corrected chi connectivity index (χ0v) is 21.6. The van der Waals surface area contributed by atoms with Gasteiger partial charge in [-0.15, -0.1) is 0 Å². The molecule has 0 aliphatic heterocycles. The van der Waals surface area contributed by atoms with Crippen molar-refractivity contribution in [1.82, 2.24) is 4.57 Å². The highest BCUT2D eigenvalue weighted by molar-refractivity contribution is 6.09. The largest absolute Gasteiger partial charge is 0.356 e. The lowest BCUT2D eigenvalue weighted by Gasteiger charge is -2.25. The van der Waals surface area contributed by atoms with Crippen LogP contribution in [0.1, 0.15) is 12.5 Å². The molecule has 0 saturated carbocycles. The molecule has 1 aliphatic carbocycles. The highest BCUT2D eigenvalue weighted by atomic mass is 15.1. The summed E-state index contributed by atoms with van der Waals surface area (Å²) in [4.78, 5) is 2.28. The molecule has 1 atom stereocenters. The fourth-order valence-electron chi connectivity index (χ4n) is 5.66. The Morgan fingerprint density at radius 1 is 0.564 bits per heavy atom. The minimum absolute atomic E-state index is 0.334. The van der Waals surface area contributed by atoms with Crippen molar-refractivity contribution in [3.05, 3.63) is 152 Å². The third kappa shape index (κ3) is 4.38. The number of allylic oxidation sites excluding steroid dienone is 4. The van der Waals surface area contributed by atoms with Gasteiger partial charge in [-0.25, -0.2) is 0 Å². The molecule has 1 heterocycles. The molecule has 0 spiro atoms. The van der Waals surface area contributed by atoms with Crippen molar-refractivity contribution in [3.8, 4) is 0 Å². The summed E-state index contributed by atoms with van der Waals surface area (Å²) < 4.78 is 2.48. The van der Waals surface area contributed by atoms with E-state index in [1.807, 2.05) is 0 Å². The van der Waals surface area contributed by atoms with Gasteiger partial charge in [0.05, 0.1) is 6.04 Å². The average molecular weight is 504 g/mol. The van der Waals surface area contributed by atoms with Crippen LogP contribution < -0.4 is 10.2 Å². The SMILES string of the molecule is C1=CCC(n2c3ccccc3c3cc(Nc4ccc(N(c5ccccc5)c5ccccc5)cc4)ccc32)C=C1. The van der Waals surface area contributed by atoms with Crippen molar-refractivity contribution in [2.45, 2.75) is 12.5 Å². The van der Waals surface area contributed by atoms with Crippen molar-refractivity contribution in [1.29, 1.82) is 0 Å². The Labute approximate surface area is 228 Å². The highest BCUT2D eigenvalue weighted by Crippen LogP contribution is 2.37. The number of anilines is 5. The van der Waals surface area contributed by atoms with Crippen LogP contribution in [0.15, 0.2) is 152 Å². The number of benzene rings is 5. The van der Waals surface area contributed by atoms with Crippen molar-refractivity contribution in [2.24, 2.45) is 0 Å². The van der Waals surface area contributed by atoms with Crippen molar-refractivity contribution in [3.63, 3.8) is 0 Å². The highest BCUT2D eigenvalue weighted by Gasteiger charge is 2.17. The molecule has 1 aromatic heterocycles. The van der Waals surface area contributed by atoms with Crippen LogP contribution in [0.25, 0.3) is 21.8 Å². The third-order valence-electron chi connectivity index (χ3n) is 7.44. The smallest absolute Gasteiger partial charge is 0.0560 e. The summed E-state index contributed by atoms with van der Waals surface area (Å²) in [7, 11) is 0. The predicted octanol–water partition coefficient (Wildman–Crippen LogP) is 10.1. The molecule has 3 heteroatoms. The summed E-state index contributed by atoms with van der Waals surface area (Å²) in [6.07, 6.45) is 9.86. The Bertz CT molecular complexity index is 1760. The van der Waals surface area contributed by atoms with Gasteiger partial charge < -0.3 is 14.8 Å². The topological polar surface area (TPSA) is 20.2 Å². The zero-order valence-electron chi connectivity index (χ0n) is 21.6. The number of rotatable bonds is 6. The van der Waals surface area contributed by atoms with E-state index in [0.717, 1.165) is 34.9 Å². The second kappa shape index (κ2) is 10.0. The van der Waals surface area contributed by atoms with Gasteiger partial charge in [-0.3, -0.25) is 0 Å². The van der Waals surface area contributed by atoms with E-state index in [2.05, 4.69) is 166 Å². The molecule has 39 heavy (non-hydrogen) atoms. The first-order valence-corrected chi connectivity index (χ1v) is 13.5. The molecule has 0 fully saturated rings. The van der Waals surface area contributed by atoms with Crippen LogP contribution in [0.4, 0.5) is 28.4 Å². The Balaban J connectivity index is 1.22. The van der Waals surface area contributed by atoms with Gasteiger partial charge >= 0.3 is 0 Å². The van der Waals surface area contributed by atoms with Crippen molar-refractivity contribution in [2.75, 3.05) is 10.2 Å². The normalized spacial score (nSPS) is 14.6. The van der Waals surface area contributed by atoms with Crippen LogP contribution in [-0.4, -0.2) is 4.57 Å². The third-order valence-corrected chi connectivity index (χ3v) is 7.44. The van der Waals surface area contributed by atoms with Crippen molar-refractivity contribution < 1.29 is 0 Å². The second-order valence-corrected chi connectivity index (χ2v) is 9.91. The maximum atomic E-state index is 3.64. The number of para-hydroxylation sites is 3. The van der Waals surface area contributed by atoms with Gasteiger partial charge in [-0.05, 0) is 79.2 Å². The van der Waals surface area contributed by atoms with Gasteiger partial charge in [0.2, 0.25) is 0 Å². The van der Waals surface area contributed by atoms with Crippen LogP contribution in [0, 0.1) is 0 Å². The maximum Gasteiger partial charge on any atom is 0.0560 e. The second-order valence-electron chi connectivity index (χ2n) is 9.91. The number of nitrogens with zero attached hydrogens (tertiary/aromatic N) is 2. The molecule has 0 bridgehead atoms. The van der Waals surface area contributed by atoms with Crippen molar-refractivity contribution >= 4 is 50.2 Å². The molecule has 1 N–H and O–H groups in total.